The zero-order valence-corrected chi connectivity index (χ0v) is 32.7. The Bertz CT molecular complexity index is 3400. The summed E-state index contributed by atoms with van der Waals surface area (Å²) in [5.74, 6) is 3.41. The molecule has 0 saturated carbocycles. The number of ether oxygens (including phenoxy) is 1. The molecular weight excluding hydrogens is 749 g/mol. The lowest BCUT2D eigenvalue weighted by atomic mass is 9.92. The monoisotopic (exact) mass is 782 g/mol. The predicted molar refractivity (Wildman–Crippen MR) is 247 cm³/mol. The first-order chi connectivity index (χ1) is 30.2. The van der Waals surface area contributed by atoms with Crippen LogP contribution in [0.1, 0.15) is 0 Å². The maximum atomic E-state index is 6.90. The third kappa shape index (κ3) is 6.00. The van der Waals surface area contributed by atoms with Crippen LogP contribution in [0.3, 0.4) is 0 Å². The predicted octanol–water partition coefficient (Wildman–Crippen LogP) is 14.8. The minimum Gasteiger partial charge on any atom is -0.456 e. The van der Waals surface area contributed by atoms with Crippen LogP contribution in [-0.4, -0.2) is 15.0 Å². The summed E-state index contributed by atoms with van der Waals surface area (Å²) < 4.78 is 13.2. The van der Waals surface area contributed by atoms with E-state index in [9.17, 15) is 0 Å². The molecule has 0 atom stereocenters. The summed E-state index contributed by atoms with van der Waals surface area (Å²) in [6.45, 7) is 0. The van der Waals surface area contributed by atoms with E-state index in [0.29, 0.717) is 17.5 Å². The smallest absolute Gasteiger partial charge is 0.164 e. The molecule has 3 heterocycles. The first kappa shape index (κ1) is 34.7. The molecule has 0 unspecified atom stereocenters. The van der Waals surface area contributed by atoms with Crippen LogP contribution in [0.25, 0.3) is 89.1 Å². The van der Waals surface area contributed by atoms with Gasteiger partial charge in [-0.25, -0.2) is 15.0 Å². The summed E-state index contributed by atoms with van der Waals surface area (Å²) in [6, 6.07) is 71.0. The van der Waals surface area contributed by atoms with Crippen molar-refractivity contribution in [1.82, 2.24) is 15.0 Å². The molecule has 12 rings (SSSR count). The molecule has 0 radical (unpaired) electrons. The first-order valence-corrected chi connectivity index (χ1v) is 20.3. The van der Waals surface area contributed by atoms with Crippen LogP contribution in [-0.2, 0) is 0 Å². The third-order valence-corrected chi connectivity index (χ3v) is 11.5. The summed E-state index contributed by atoms with van der Waals surface area (Å²) in [4.78, 5) is 17.4. The summed E-state index contributed by atoms with van der Waals surface area (Å²) in [6.07, 6.45) is 0. The number of rotatable bonds is 7. The second-order valence-electron chi connectivity index (χ2n) is 15.2. The number of furan rings is 1. The van der Waals surface area contributed by atoms with Crippen molar-refractivity contribution in [2.45, 2.75) is 0 Å². The van der Waals surface area contributed by atoms with Crippen LogP contribution < -0.4 is 9.64 Å². The minimum atomic E-state index is 0.605. The van der Waals surface area contributed by atoms with Crippen molar-refractivity contribution in [2.24, 2.45) is 0 Å². The Labute approximate surface area is 351 Å². The van der Waals surface area contributed by atoms with E-state index in [0.717, 1.165) is 100 Å². The number of hydrogen-bond donors (Lipinski definition) is 0. The zero-order chi connectivity index (χ0) is 40.3. The number of hydrogen-bond acceptors (Lipinski definition) is 6. The highest BCUT2D eigenvalue weighted by molar-refractivity contribution is 6.10. The molecule has 0 aliphatic carbocycles. The summed E-state index contributed by atoms with van der Waals surface area (Å²) in [5, 5.41) is 4.18. The number of fused-ring (bicyclic) bond motifs is 5. The van der Waals surface area contributed by atoms with E-state index in [2.05, 4.69) is 126 Å². The van der Waals surface area contributed by atoms with Crippen LogP contribution in [0, 0.1) is 0 Å². The zero-order valence-electron chi connectivity index (χ0n) is 32.7. The Morgan fingerprint density at radius 1 is 0.328 bits per heavy atom. The maximum Gasteiger partial charge on any atom is 0.164 e. The number of benzene rings is 9. The number of anilines is 3. The molecule has 1 aliphatic heterocycles. The number of para-hydroxylation sites is 1. The van der Waals surface area contributed by atoms with Gasteiger partial charge < -0.3 is 14.1 Å². The molecule has 6 heteroatoms. The van der Waals surface area contributed by atoms with E-state index in [1.165, 1.54) is 0 Å². The highest BCUT2D eigenvalue weighted by Crippen LogP contribution is 2.51. The summed E-state index contributed by atoms with van der Waals surface area (Å²) in [7, 11) is 0. The second kappa shape index (κ2) is 14.2. The summed E-state index contributed by atoms with van der Waals surface area (Å²) >= 11 is 0. The van der Waals surface area contributed by atoms with Gasteiger partial charge in [0.2, 0.25) is 0 Å². The Morgan fingerprint density at radius 2 is 0.902 bits per heavy atom. The first-order valence-electron chi connectivity index (χ1n) is 20.3. The molecule has 9 aromatic carbocycles. The molecule has 1 aliphatic rings. The third-order valence-electron chi connectivity index (χ3n) is 11.5. The van der Waals surface area contributed by atoms with E-state index >= 15 is 0 Å². The van der Waals surface area contributed by atoms with E-state index in [1.54, 1.807) is 0 Å². The highest BCUT2D eigenvalue weighted by atomic mass is 16.5. The number of aromatic nitrogens is 3. The Hall–Kier alpha value is -8.35. The van der Waals surface area contributed by atoms with Gasteiger partial charge in [-0.1, -0.05) is 140 Å². The van der Waals surface area contributed by atoms with Gasteiger partial charge in [0.1, 0.15) is 22.7 Å². The standard InChI is InChI=1S/C55H34N4O2/c1-4-14-35(15-5-1)38-20-12-21-39(32-38)59(40-27-30-49-47(33-40)42-22-10-11-25-48(42)60-49)41-26-28-43-44-23-13-24-45-46(29-31-50(52(44)45)61-51(43)34-41)55-57-53(36-16-6-2-7-17-36)56-54(58-55)37-18-8-3-9-19-37/h1-34H. The fourth-order valence-corrected chi connectivity index (χ4v) is 8.64. The molecule has 61 heavy (non-hydrogen) atoms. The molecule has 2 aromatic heterocycles. The van der Waals surface area contributed by atoms with E-state index in [-0.39, 0.29) is 0 Å². The Morgan fingerprint density at radius 3 is 1.67 bits per heavy atom. The average molecular weight is 783 g/mol. The van der Waals surface area contributed by atoms with Crippen LogP contribution >= 0.6 is 0 Å². The van der Waals surface area contributed by atoms with Gasteiger partial charge in [-0.2, -0.15) is 0 Å². The Balaban J connectivity index is 0.999. The normalized spacial score (nSPS) is 11.7. The van der Waals surface area contributed by atoms with Crippen molar-refractivity contribution in [1.29, 1.82) is 0 Å². The van der Waals surface area contributed by atoms with Crippen LogP contribution in [0.4, 0.5) is 17.1 Å². The fraction of sp³-hybridized carbons (Fsp3) is 0. The molecule has 0 bridgehead atoms. The molecule has 11 aromatic rings. The van der Waals surface area contributed by atoms with Crippen LogP contribution in [0.5, 0.6) is 11.5 Å². The van der Waals surface area contributed by atoms with Crippen molar-refractivity contribution in [3.8, 4) is 67.9 Å². The van der Waals surface area contributed by atoms with Crippen molar-refractivity contribution < 1.29 is 9.15 Å². The van der Waals surface area contributed by atoms with Crippen molar-refractivity contribution in [2.75, 3.05) is 4.90 Å². The lowest BCUT2D eigenvalue weighted by Crippen LogP contribution is -2.10. The van der Waals surface area contributed by atoms with Gasteiger partial charge in [0.05, 0.1) is 0 Å². The molecular formula is C55H34N4O2. The van der Waals surface area contributed by atoms with Crippen molar-refractivity contribution >= 4 is 49.8 Å². The van der Waals surface area contributed by atoms with Crippen LogP contribution in [0.2, 0.25) is 0 Å². The lowest BCUT2D eigenvalue weighted by molar-refractivity contribution is 0.487. The molecule has 0 spiro atoms. The molecule has 0 saturated heterocycles. The molecule has 0 N–H and O–H groups in total. The average Bonchev–Trinajstić information content (AvgIpc) is 3.71. The second-order valence-corrected chi connectivity index (χ2v) is 15.2. The molecule has 286 valence electrons. The highest BCUT2D eigenvalue weighted by Gasteiger charge is 2.25. The van der Waals surface area contributed by atoms with Crippen molar-refractivity contribution in [3.05, 3.63) is 206 Å². The SMILES string of the molecule is c1ccc(-c2cccc(N(c3ccc4c(c3)Oc3ccc(-c5nc(-c6ccccc6)nc(-c6ccccc6)n5)c5cccc-4c35)c3ccc4oc5ccccc5c4c3)c2)cc1. The van der Waals surface area contributed by atoms with Gasteiger partial charge in [-0.15, -0.1) is 0 Å². The Kier molecular flexibility index (Phi) is 8.06. The molecule has 0 fully saturated rings. The summed E-state index contributed by atoms with van der Waals surface area (Å²) in [5.41, 5.74) is 11.9. The number of nitrogens with zero attached hydrogens (tertiary/aromatic N) is 4. The largest absolute Gasteiger partial charge is 0.456 e. The van der Waals surface area contributed by atoms with E-state index in [4.69, 9.17) is 24.1 Å². The van der Waals surface area contributed by atoms with Crippen LogP contribution in [0.15, 0.2) is 211 Å². The maximum absolute atomic E-state index is 6.90. The molecule has 6 nitrogen and oxygen atoms in total. The van der Waals surface area contributed by atoms with Gasteiger partial charge in [0.15, 0.2) is 17.5 Å². The quantitative estimate of drug-likeness (QED) is 0.160. The van der Waals surface area contributed by atoms with Gasteiger partial charge in [-0.05, 0) is 82.7 Å². The van der Waals surface area contributed by atoms with E-state index in [1.807, 2.05) is 84.9 Å². The van der Waals surface area contributed by atoms with Gasteiger partial charge in [0, 0.05) is 61.5 Å². The van der Waals surface area contributed by atoms with E-state index < -0.39 is 0 Å². The van der Waals surface area contributed by atoms with Gasteiger partial charge >= 0.3 is 0 Å². The topological polar surface area (TPSA) is 64.3 Å². The molecule has 0 amide bonds. The lowest BCUT2D eigenvalue weighted by Gasteiger charge is -2.28. The van der Waals surface area contributed by atoms with Gasteiger partial charge in [-0.3, -0.25) is 0 Å². The fourth-order valence-electron chi connectivity index (χ4n) is 8.64. The van der Waals surface area contributed by atoms with Gasteiger partial charge in [0.25, 0.3) is 0 Å². The minimum absolute atomic E-state index is 0.605. The van der Waals surface area contributed by atoms with Crippen molar-refractivity contribution in [3.63, 3.8) is 0 Å².